The number of rotatable bonds is 7. The van der Waals surface area contributed by atoms with Gasteiger partial charge < -0.3 is 10.1 Å². The summed E-state index contributed by atoms with van der Waals surface area (Å²) < 4.78 is 18.1. The van der Waals surface area contributed by atoms with Gasteiger partial charge in [-0.1, -0.05) is 0 Å². The van der Waals surface area contributed by atoms with Gasteiger partial charge in [-0.2, -0.15) is 0 Å². The van der Waals surface area contributed by atoms with E-state index >= 15 is 0 Å². The molecule has 2 aromatic carbocycles. The molecule has 6 nitrogen and oxygen atoms in total. The third kappa shape index (κ3) is 4.26. The number of carbonyl (C=O) groups is 1. The summed E-state index contributed by atoms with van der Waals surface area (Å²) in [5.74, 6) is -0.348. The maximum Gasteiger partial charge on any atom is 0.296 e. The molecule has 0 saturated heterocycles. The zero-order valence-corrected chi connectivity index (χ0v) is 12.4. The van der Waals surface area contributed by atoms with Crippen LogP contribution in [-0.2, 0) is 0 Å². The van der Waals surface area contributed by atoms with Crippen molar-refractivity contribution in [3.8, 4) is 5.75 Å². The zero-order chi connectivity index (χ0) is 16.8. The minimum Gasteiger partial charge on any atom is -0.494 e. The number of ketones is 1. The molecule has 0 fully saturated rings. The van der Waals surface area contributed by atoms with Crippen LogP contribution in [0.15, 0.2) is 42.5 Å². The molecule has 0 aliphatic heterocycles. The molecule has 1 N–H and O–H groups in total. The number of hydrogen-bond donors (Lipinski definition) is 1. The monoisotopic (exact) mass is 318 g/mol. The number of benzene rings is 2. The molecule has 0 atom stereocenters. The van der Waals surface area contributed by atoms with Crippen LogP contribution in [-0.4, -0.2) is 23.9 Å². The van der Waals surface area contributed by atoms with E-state index in [1.54, 1.807) is 13.0 Å². The number of carbonyl (C=O) groups excluding carboxylic acids is 1. The van der Waals surface area contributed by atoms with Crippen LogP contribution in [0, 0.1) is 15.9 Å². The van der Waals surface area contributed by atoms with E-state index in [0.29, 0.717) is 17.9 Å². The minimum absolute atomic E-state index is 0.138. The van der Waals surface area contributed by atoms with Gasteiger partial charge in [0.25, 0.3) is 5.69 Å². The van der Waals surface area contributed by atoms with Crippen molar-refractivity contribution in [1.29, 1.82) is 0 Å². The van der Waals surface area contributed by atoms with Gasteiger partial charge in [-0.3, -0.25) is 14.9 Å². The van der Waals surface area contributed by atoms with Crippen LogP contribution in [0.4, 0.5) is 15.8 Å². The zero-order valence-electron chi connectivity index (χ0n) is 12.4. The van der Waals surface area contributed by atoms with Gasteiger partial charge >= 0.3 is 0 Å². The molecule has 2 aromatic rings. The van der Waals surface area contributed by atoms with Crippen LogP contribution in [0.3, 0.4) is 0 Å². The van der Waals surface area contributed by atoms with E-state index in [2.05, 4.69) is 5.32 Å². The second-order valence-electron chi connectivity index (χ2n) is 4.65. The van der Waals surface area contributed by atoms with E-state index < -0.39 is 10.7 Å². The highest BCUT2D eigenvalue weighted by molar-refractivity contribution is 5.99. The molecular formula is C16H15FN2O4. The normalized spacial score (nSPS) is 10.2. The Kier molecular flexibility index (Phi) is 5.24. The van der Waals surface area contributed by atoms with Crippen molar-refractivity contribution >= 4 is 17.2 Å². The third-order valence-electron chi connectivity index (χ3n) is 3.08. The average Bonchev–Trinajstić information content (AvgIpc) is 2.54. The molecule has 0 unspecified atom stereocenters. The van der Waals surface area contributed by atoms with E-state index in [1.165, 1.54) is 36.4 Å². The molecule has 0 heterocycles. The maximum absolute atomic E-state index is 12.8. The Morgan fingerprint density at radius 1 is 1.26 bits per heavy atom. The van der Waals surface area contributed by atoms with Crippen molar-refractivity contribution in [2.45, 2.75) is 6.92 Å². The number of anilines is 1. The first-order valence-electron chi connectivity index (χ1n) is 6.95. The van der Waals surface area contributed by atoms with Crippen LogP contribution >= 0.6 is 0 Å². The number of ether oxygens (including phenoxy) is 1. The van der Waals surface area contributed by atoms with Gasteiger partial charge in [0.2, 0.25) is 0 Å². The third-order valence-corrected chi connectivity index (χ3v) is 3.08. The first-order valence-corrected chi connectivity index (χ1v) is 6.95. The topological polar surface area (TPSA) is 81.5 Å². The van der Waals surface area contributed by atoms with Crippen molar-refractivity contribution in [3.05, 3.63) is 64.0 Å². The van der Waals surface area contributed by atoms with E-state index in [4.69, 9.17) is 4.74 Å². The van der Waals surface area contributed by atoms with E-state index in [-0.39, 0.29) is 23.7 Å². The Balaban J connectivity index is 2.11. The Labute approximate surface area is 132 Å². The molecule has 7 heteroatoms. The summed E-state index contributed by atoms with van der Waals surface area (Å²) in [7, 11) is 0. The van der Waals surface area contributed by atoms with Crippen LogP contribution in [0.2, 0.25) is 0 Å². The van der Waals surface area contributed by atoms with Crippen LogP contribution < -0.4 is 10.1 Å². The van der Waals surface area contributed by atoms with Gasteiger partial charge in [-0.15, -0.1) is 0 Å². The first-order chi connectivity index (χ1) is 11.0. The van der Waals surface area contributed by atoms with E-state index in [9.17, 15) is 19.3 Å². The van der Waals surface area contributed by atoms with Crippen LogP contribution in [0.25, 0.3) is 0 Å². The number of nitro benzene ring substituents is 1. The highest BCUT2D eigenvalue weighted by Gasteiger charge is 2.16. The molecule has 0 aliphatic carbocycles. The summed E-state index contributed by atoms with van der Waals surface area (Å²) in [6, 6.07) is 9.48. The molecule has 0 amide bonds. The van der Waals surface area contributed by atoms with E-state index in [0.717, 1.165) is 0 Å². The van der Waals surface area contributed by atoms with E-state index in [1.807, 2.05) is 0 Å². The van der Waals surface area contributed by atoms with Crippen LogP contribution in [0.5, 0.6) is 5.75 Å². The highest BCUT2D eigenvalue weighted by atomic mass is 19.1. The van der Waals surface area contributed by atoms with Crippen molar-refractivity contribution in [2.75, 3.05) is 18.5 Å². The molecule has 120 valence electrons. The number of nitrogens with zero attached hydrogens (tertiary/aromatic N) is 1. The van der Waals surface area contributed by atoms with Gasteiger partial charge in [0.1, 0.15) is 17.3 Å². The smallest absolute Gasteiger partial charge is 0.296 e. The minimum atomic E-state index is -0.548. The summed E-state index contributed by atoms with van der Waals surface area (Å²) in [4.78, 5) is 22.6. The lowest BCUT2D eigenvalue weighted by molar-refractivity contribution is -0.384. The van der Waals surface area contributed by atoms with Crippen molar-refractivity contribution in [1.82, 2.24) is 0 Å². The van der Waals surface area contributed by atoms with Gasteiger partial charge in [0, 0.05) is 5.56 Å². The fourth-order valence-corrected chi connectivity index (χ4v) is 1.98. The quantitative estimate of drug-likeness (QED) is 0.480. The van der Waals surface area contributed by atoms with Crippen LogP contribution in [0.1, 0.15) is 17.3 Å². The molecule has 2 rings (SSSR count). The highest BCUT2D eigenvalue weighted by Crippen LogP contribution is 2.29. The second kappa shape index (κ2) is 7.35. The van der Waals surface area contributed by atoms with Gasteiger partial charge in [0.15, 0.2) is 5.78 Å². The Morgan fingerprint density at radius 2 is 1.96 bits per heavy atom. The van der Waals surface area contributed by atoms with Gasteiger partial charge in [-0.05, 0) is 43.3 Å². The SMILES string of the molecule is CCOc1ccc(NCC(=O)c2ccc(F)cc2)c([N+](=O)[O-])c1. The molecule has 0 radical (unpaired) electrons. The summed E-state index contributed by atoms with van der Waals surface area (Å²) in [5.41, 5.74) is 0.365. The fourth-order valence-electron chi connectivity index (χ4n) is 1.98. The number of nitrogens with one attached hydrogen (secondary N) is 1. The lowest BCUT2D eigenvalue weighted by atomic mass is 10.1. The molecule has 0 spiro atoms. The Morgan fingerprint density at radius 3 is 2.57 bits per heavy atom. The summed E-state index contributed by atoms with van der Waals surface area (Å²) >= 11 is 0. The fraction of sp³-hybridized carbons (Fsp3) is 0.188. The summed E-state index contributed by atoms with van der Waals surface area (Å²) in [6.45, 7) is 2.03. The van der Waals surface area contributed by atoms with Crippen molar-refractivity contribution in [2.24, 2.45) is 0 Å². The molecule has 23 heavy (non-hydrogen) atoms. The summed E-state index contributed by atoms with van der Waals surface area (Å²) in [6.07, 6.45) is 0. The largest absolute Gasteiger partial charge is 0.494 e. The van der Waals surface area contributed by atoms with Gasteiger partial charge in [0.05, 0.1) is 24.1 Å². The first kappa shape index (κ1) is 16.4. The molecule has 0 aromatic heterocycles. The Bertz CT molecular complexity index is 717. The Hall–Kier alpha value is -2.96. The number of nitro groups is 1. The molecule has 0 saturated carbocycles. The average molecular weight is 318 g/mol. The second-order valence-corrected chi connectivity index (χ2v) is 4.65. The van der Waals surface area contributed by atoms with Crippen molar-refractivity contribution in [3.63, 3.8) is 0 Å². The van der Waals surface area contributed by atoms with Gasteiger partial charge in [-0.25, -0.2) is 4.39 Å². The molecule has 0 bridgehead atoms. The lowest BCUT2D eigenvalue weighted by Crippen LogP contribution is -2.14. The number of hydrogen-bond acceptors (Lipinski definition) is 5. The standard InChI is InChI=1S/C16H15FN2O4/c1-2-23-13-7-8-14(15(9-13)19(21)22)18-10-16(20)11-3-5-12(17)6-4-11/h3-9,18H,2,10H2,1H3. The lowest BCUT2D eigenvalue weighted by Gasteiger charge is -2.09. The molecular weight excluding hydrogens is 303 g/mol. The maximum atomic E-state index is 12.8. The predicted molar refractivity (Wildman–Crippen MR) is 83.5 cm³/mol. The molecule has 0 aliphatic rings. The summed E-state index contributed by atoms with van der Waals surface area (Å²) in [5, 5.41) is 13.9. The number of Topliss-reactive ketones (excluding diaryl/α,β-unsaturated/α-hetero) is 1. The number of halogens is 1. The predicted octanol–water partition coefficient (Wildman–Crippen LogP) is 3.43. The van der Waals surface area contributed by atoms with Crippen molar-refractivity contribution < 1.29 is 18.8 Å².